The zero-order chi connectivity index (χ0) is 17.3. The molecule has 1 atom stereocenters. The fraction of sp³-hybridized carbons (Fsp3) is 0.235. The number of aromatic nitrogens is 1. The molecule has 124 valence electrons. The second kappa shape index (κ2) is 6.19. The Bertz CT molecular complexity index is 852. The van der Waals surface area contributed by atoms with Crippen LogP contribution in [0.3, 0.4) is 0 Å². The number of benzene rings is 1. The number of rotatable bonds is 3. The Morgan fingerprint density at radius 1 is 1.33 bits per heavy atom. The van der Waals surface area contributed by atoms with Gasteiger partial charge in [-0.1, -0.05) is 12.1 Å². The van der Waals surface area contributed by atoms with Gasteiger partial charge >= 0.3 is 11.9 Å². The standard InChI is InChI=1S/C17H15NO6/c1-2-23-17(22)12-8-18-16(21)14-11(7-13(20)24-15(12)14)9-3-5-10(19)6-4-9/h3-6,8,11,19H,2,7H2,1H3,(H,18,21)/t11-/m1/s1. The fourth-order valence-electron chi connectivity index (χ4n) is 2.73. The number of phenolic OH excluding ortho intramolecular Hbond substituents is 1. The number of ether oxygens (including phenoxy) is 2. The molecular weight excluding hydrogens is 314 g/mol. The summed E-state index contributed by atoms with van der Waals surface area (Å²) >= 11 is 0. The zero-order valence-electron chi connectivity index (χ0n) is 12.9. The second-order valence-electron chi connectivity index (χ2n) is 5.32. The number of fused-ring (bicyclic) bond motifs is 1. The predicted octanol–water partition coefficient (Wildman–Crippen LogP) is 1.70. The summed E-state index contributed by atoms with van der Waals surface area (Å²) in [5.41, 5.74) is 0.426. The van der Waals surface area contributed by atoms with Gasteiger partial charge in [0.2, 0.25) is 0 Å². The lowest BCUT2D eigenvalue weighted by atomic mass is 9.86. The first kappa shape index (κ1) is 15.8. The predicted molar refractivity (Wildman–Crippen MR) is 83.2 cm³/mol. The third-order valence-electron chi connectivity index (χ3n) is 3.81. The van der Waals surface area contributed by atoms with Gasteiger partial charge in [-0.2, -0.15) is 0 Å². The van der Waals surface area contributed by atoms with Crippen LogP contribution in [0.1, 0.15) is 40.7 Å². The molecule has 1 aliphatic rings. The fourth-order valence-corrected chi connectivity index (χ4v) is 2.73. The number of phenols is 1. The summed E-state index contributed by atoms with van der Waals surface area (Å²) in [7, 11) is 0. The summed E-state index contributed by atoms with van der Waals surface area (Å²) < 4.78 is 10.1. The Morgan fingerprint density at radius 3 is 2.71 bits per heavy atom. The van der Waals surface area contributed by atoms with Crippen molar-refractivity contribution >= 4 is 11.9 Å². The van der Waals surface area contributed by atoms with E-state index in [9.17, 15) is 19.5 Å². The van der Waals surface area contributed by atoms with Gasteiger partial charge in [0.05, 0.1) is 18.6 Å². The Kier molecular flexibility index (Phi) is 4.07. The summed E-state index contributed by atoms with van der Waals surface area (Å²) in [6, 6.07) is 6.19. The van der Waals surface area contributed by atoms with E-state index in [1.807, 2.05) is 0 Å². The molecule has 24 heavy (non-hydrogen) atoms. The Hall–Kier alpha value is -3.09. The normalized spacial score (nSPS) is 16.2. The van der Waals surface area contributed by atoms with Crippen LogP contribution >= 0.6 is 0 Å². The van der Waals surface area contributed by atoms with Crippen LogP contribution in [0.4, 0.5) is 0 Å². The van der Waals surface area contributed by atoms with E-state index >= 15 is 0 Å². The maximum Gasteiger partial charge on any atom is 0.343 e. The average molecular weight is 329 g/mol. The van der Waals surface area contributed by atoms with Crippen LogP contribution in [-0.4, -0.2) is 28.6 Å². The van der Waals surface area contributed by atoms with Crippen LogP contribution in [0, 0.1) is 0 Å². The van der Waals surface area contributed by atoms with Crippen molar-refractivity contribution in [3.8, 4) is 11.5 Å². The highest BCUT2D eigenvalue weighted by atomic mass is 16.5. The van der Waals surface area contributed by atoms with Gasteiger partial charge in [-0.25, -0.2) is 4.79 Å². The van der Waals surface area contributed by atoms with Crippen LogP contribution in [-0.2, 0) is 9.53 Å². The number of carbonyl (C=O) groups is 2. The monoisotopic (exact) mass is 329 g/mol. The van der Waals surface area contributed by atoms with Crippen molar-refractivity contribution in [2.75, 3.05) is 6.61 Å². The van der Waals surface area contributed by atoms with Gasteiger partial charge in [-0.3, -0.25) is 9.59 Å². The van der Waals surface area contributed by atoms with E-state index in [2.05, 4.69) is 4.98 Å². The van der Waals surface area contributed by atoms with E-state index in [1.165, 1.54) is 18.3 Å². The molecule has 0 spiro atoms. The molecule has 1 aromatic carbocycles. The number of aromatic hydroxyl groups is 1. The lowest BCUT2D eigenvalue weighted by Gasteiger charge is -2.25. The average Bonchev–Trinajstić information content (AvgIpc) is 2.55. The van der Waals surface area contributed by atoms with Crippen LogP contribution in [0.15, 0.2) is 35.3 Å². The zero-order valence-corrected chi connectivity index (χ0v) is 12.9. The van der Waals surface area contributed by atoms with Crippen LogP contribution < -0.4 is 10.3 Å². The highest BCUT2D eigenvalue weighted by Gasteiger charge is 2.34. The number of esters is 2. The highest BCUT2D eigenvalue weighted by molar-refractivity contribution is 5.94. The number of pyridine rings is 1. The van der Waals surface area contributed by atoms with Crippen molar-refractivity contribution in [3.63, 3.8) is 0 Å². The van der Waals surface area contributed by atoms with Gasteiger partial charge in [0.1, 0.15) is 11.3 Å². The molecule has 7 nitrogen and oxygen atoms in total. The second-order valence-corrected chi connectivity index (χ2v) is 5.32. The van der Waals surface area contributed by atoms with E-state index in [0.29, 0.717) is 5.56 Å². The van der Waals surface area contributed by atoms with Crippen LogP contribution in [0.2, 0.25) is 0 Å². The van der Waals surface area contributed by atoms with Crippen molar-refractivity contribution in [1.82, 2.24) is 4.98 Å². The van der Waals surface area contributed by atoms with Gasteiger partial charge in [-0.15, -0.1) is 0 Å². The van der Waals surface area contributed by atoms with Gasteiger partial charge < -0.3 is 19.6 Å². The molecule has 0 amide bonds. The first-order valence-corrected chi connectivity index (χ1v) is 7.43. The summed E-state index contributed by atoms with van der Waals surface area (Å²) in [6.45, 7) is 1.81. The number of carbonyl (C=O) groups excluding carboxylic acids is 2. The minimum atomic E-state index is -0.677. The summed E-state index contributed by atoms with van der Waals surface area (Å²) in [5.74, 6) is -1.78. The van der Waals surface area contributed by atoms with E-state index in [1.54, 1.807) is 19.1 Å². The molecule has 1 aliphatic heterocycles. The lowest BCUT2D eigenvalue weighted by molar-refractivity contribution is -0.135. The molecule has 2 N–H and O–H groups in total. The Morgan fingerprint density at radius 2 is 2.04 bits per heavy atom. The number of hydrogen-bond donors (Lipinski definition) is 2. The smallest absolute Gasteiger partial charge is 0.343 e. The topological polar surface area (TPSA) is 106 Å². The quantitative estimate of drug-likeness (QED) is 0.830. The third kappa shape index (κ3) is 2.76. The molecule has 2 heterocycles. The number of nitrogens with one attached hydrogen (secondary N) is 1. The van der Waals surface area contributed by atoms with E-state index < -0.39 is 23.4 Å². The lowest BCUT2D eigenvalue weighted by Crippen LogP contribution is -2.30. The molecule has 0 bridgehead atoms. The Balaban J connectivity index is 2.16. The molecule has 7 heteroatoms. The maximum atomic E-state index is 12.3. The van der Waals surface area contributed by atoms with Crippen molar-refractivity contribution in [2.24, 2.45) is 0 Å². The molecule has 0 saturated heterocycles. The van der Waals surface area contributed by atoms with Gasteiger partial charge in [0, 0.05) is 12.1 Å². The molecule has 2 aromatic rings. The molecule has 0 radical (unpaired) electrons. The molecular formula is C17H15NO6. The molecule has 0 unspecified atom stereocenters. The molecule has 1 aromatic heterocycles. The number of hydrogen-bond acceptors (Lipinski definition) is 6. The van der Waals surface area contributed by atoms with Crippen LogP contribution in [0.5, 0.6) is 11.5 Å². The summed E-state index contributed by atoms with van der Waals surface area (Å²) in [4.78, 5) is 38.8. The first-order valence-electron chi connectivity index (χ1n) is 7.43. The first-order chi connectivity index (χ1) is 11.5. The third-order valence-corrected chi connectivity index (χ3v) is 3.81. The molecule has 0 aliphatic carbocycles. The van der Waals surface area contributed by atoms with Crippen molar-refractivity contribution in [2.45, 2.75) is 19.3 Å². The highest BCUT2D eigenvalue weighted by Crippen LogP contribution is 2.38. The number of aromatic amines is 1. The molecule has 0 fully saturated rings. The van der Waals surface area contributed by atoms with Crippen molar-refractivity contribution in [1.29, 1.82) is 0 Å². The SMILES string of the molecule is CCOC(=O)c1c[nH]c(=O)c2c1OC(=O)C[C@@H]2c1ccc(O)cc1. The Labute approximate surface area is 136 Å². The summed E-state index contributed by atoms with van der Waals surface area (Å²) in [5, 5.41) is 9.41. The largest absolute Gasteiger partial charge is 0.508 e. The number of H-pyrrole nitrogens is 1. The van der Waals surface area contributed by atoms with E-state index in [0.717, 1.165) is 0 Å². The molecule has 0 saturated carbocycles. The van der Waals surface area contributed by atoms with E-state index in [-0.39, 0.29) is 35.7 Å². The van der Waals surface area contributed by atoms with Gasteiger partial charge in [-0.05, 0) is 24.6 Å². The maximum absolute atomic E-state index is 12.3. The molecule has 3 rings (SSSR count). The summed E-state index contributed by atoms with van der Waals surface area (Å²) in [6.07, 6.45) is 1.15. The minimum Gasteiger partial charge on any atom is -0.508 e. The van der Waals surface area contributed by atoms with Crippen molar-refractivity contribution in [3.05, 3.63) is 57.5 Å². The minimum absolute atomic E-state index is 0.00304. The van der Waals surface area contributed by atoms with Crippen LogP contribution in [0.25, 0.3) is 0 Å². The van der Waals surface area contributed by atoms with Gasteiger partial charge in [0.25, 0.3) is 5.56 Å². The van der Waals surface area contributed by atoms with Gasteiger partial charge in [0.15, 0.2) is 5.75 Å². The van der Waals surface area contributed by atoms with Crippen molar-refractivity contribution < 1.29 is 24.2 Å². The van der Waals surface area contributed by atoms with E-state index in [4.69, 9.17) is 9.47 Å².